The van der Waals surface area contributed by atoms with Crippen LogP contribution in [0, 0.1) is 0 Å². The largest absolute Gasteiger partial charge is 4.00 e. The molecule has 21 heavy (non-hydrogen) atoms. The third-order valence-electron chi connectivity index (χ3n) is 2.09. The SMILES string of the molecule is CN(Cc1ccc[n-]1)Cc1ccc[n-]1.C[N-]C.C[N-]C.[Ti+4]. The molecule has 2 rings (SSSR count). The molecule has 6 heteroatoms. The zero-order valence-electron chi connectivity index (χ0n) is 13.6. The molecule has 114 valence electrons. The first-order valence-corrected chi connectivity index (χ1v) is 6.45. The molecule has 0 N–H and O–H groups in total. The van der Waals surface area contributed by atoms with E-state index in [0.29, 0.717) is 0 Å². The monoisotopic (exact) mass is 323 g/mol. The number of hydrogen-bond acceptors (Lipinski definition) is 1. The molecule has 2 aromatic heterocycles. The summed E-state index contributed by atoms with van der Waals surface area (Å²) in [5, 5.41) is 7.00. The molecule has 0 unspecified atom stereocenters. The van der Waals surface area contributed by atoms with Crippen molar-refractivity contribution in [2.24, 2.45) is 0 Å². The number of hydrogen-bond donors (Lipinski definition) is 0. The second-order valence-corrected chi connectivity index (χ2v) is 4.32. The topological polar surface area (TPSA) is 59.6 Å². The van der Waals surface area contributed by atoms with Crippen molar-refractivity contribution in [3.05, 3.63) is 58.7 Å². The van der Waals surface area contributed by atoms with E-state index in [1.807, 2.05) is 36.7 Å². The molecule has 2 aromatic rings. The Bertz CT molecular complexity index is 348. The van der Waals surface area contributed by atoms with Crippen LogP contribution in [0.1, 0.15) is 11.4 Å². The third-order valence-corrected chi connectivity index (χ3v) is 2.09. The Kier molecular flexibility index (Phi) is 16.6. The number of rotatable bonds is 4. The van der Waals surface area contributed by atoms with Crippen molar-refractivity contribution >= 4 is 0 Å². The minimum absolute atomic E-state index is 0. The maximum Gasteiger partial charge on any atom is 4.00 e. The maximum absolute atomic E-state index is 4.22. The fraction of sp³-hybridized carbons (Fsp3) is 0.467. The summed E-state index contributed by atoms with van der Waals surface area (Å²) < 4.78 is 0. The minimum atomic E-state index is 0. The van der Waals surface area contributed by atoms with Gasteiger partial charge in [-0.2, -0.15) is 40.6 Å². The van der Waals surface area contributed by atoms with E-state index in [0.717, 1.165) is 24.5 Å². The number of aromatic nitrogens is 2. The molecule has 0 bridgehead atoms. The molecule has 0 amide bonds. The maximum atomic E-state index is 4.22. The summed E-state index contributed by atoms with van der Waals surface area (Å²) in [4.78, 5) is 10.6. The molecular weight excluding hydrogens is 298 g/mol. The van der Waals surface area contributed by atoms with Crippen LogP contribution in [-0.4, -0.2) is 40.1 Å². The van der Waals surface area contributed by atoms with Crippen LogP contribution in [0.3, 0.4) is 0 Å². The third kappa shape index (κ3) is 12.6. The van der Waals surface area contributed by atoms with Crippen LogP contribution in [0.25, 0.3) is 10.6 Å². The van der Waals surface area contributed by atoms with E-state index in [9.17, 15) is 0 Å². The van der Waals surface area contributed by atoms with Crippen LogP contribution in [0.4, 0.5) is 0 Å². The Hall–Kier alpha value is -0.846. The Morgan fingerprint density at radius 2 is 1.19 bits per heavy atom. The summed E-state index contributed by atoms with van der Waals surface area (Å²) in [5.74, 6) is 0. The summed E-state index contributed by atoms with van der Waals surface area (Å²) in [6, 6.07) is 8.00. The fourth-order valence-corrected chi connectivity index (χ4v) is 1.47. The van der Waals surface area contributed by atoms with E-state index in [-0.39, 0.29) is 21.7 Å². The van der Waals surface area contributed by atoms with E-state index < -0.39 is 0 Å². The standard InChI is InChI=1S/C11H13N3.2C2H6N.Ti/c1-14(8-10-4-2-6-12-10)9-11-5-3-7-13-11;2*1-3-2;/h2-7H,8-9H2,1H3;2*1-2H3;/q-2;2*-1;+4. The first-order chi connectivity index (χ1) is 9.67. The average molecular weight is 323 g/mol. The van der Waals surface area contributed by atoms with Crippen molar-refractivity contribution in [1.82, 2.24) is 14.9 Å². The van der Waals surface area contributed by atoms with Gasteiger partial charge in [0.15, 0.2) is 0 Å². The van der Waals surface area contributed by atoms with Crippen molar-refractivity contribution in [3.8, 4) is 0 Å². The molecule has 0 aliphatic rings. The number of nitrogens with zero attached hydrogens (tertiary/aromatic N) is 5. The first-order valence-electron chi connectivity index (χ1n) is 6.45. The molecule has 5 nitrogen and oxygen atoms in total. The van der Waals surface area contributed by atoms with Crippen LogP contribution in [0.15, 0.2) is 36.7 Å². The summed E-state index contributed by atoms with van der Waals surface area (Å²) in [7, 11) is 9.07. The van der Waals surface area contributed by atoms with Gasteiger partial charge >= 0.3 is 21.7 Å². The van der Waals surface area contributed by atoms with E-state index in [2.05, 4.69) is 32.5 Å². The zero-order valence-corrected chi connectivity index (χ0v) is 15.2. The van der Waals surface area contributed by atoms with E-state index >= 15 is 0 Å². The van der Waals surface area contributed by atoms with Gasteiger partial charge in [0.2, 0.25) is 0 Å². The molecule has 0 saturated carbocycles. The smallest absolute Gasteiger partial charge is 0.668 e. The van der Waals surface area contributed by atoms with Crippen molar-refractivity contribution in [3.63, 3.8) is 0 Å². The van der Waals surface area contributed by atoms with Crippen LogP contribution >= 0.6 is 0 Å². The summed E-state index contributed by atoms with van der Waals surface area (Å²) >= 11 is 0. The van der Waals surface area contributed by atoms with Gasteiger partial charge in [-0.3, -0.25) is 0 Å². The quantitative estimate of drug-likeness (QED) is 0.812. The second-order valence-electron chi connectivity index (χ2n) is 4.32. The molecule has 0 radical (unpaired) electrons. The molecule has 0 fully saturated rings. The zero-order chi connectivity index (χ0) is 15.2. The molecule has 0 saturated heterocycles. The van der Waals surface area contributed by atoms with Gasteiger partial charge in [0.05, 0.1) is 0 Å². The Balaban J connectivity index is 0. The second kappa shape index (κ2) is 15.5. The Morgan fingerprint density at radius 1 is 0.857 bits per heavy atom. The molecule has 0 spiro atoms. The summed E-state index contributed by atoms with van der Waals surface area (Å²) in [6.45, 7) is 1.75. The molecule has 0 aromatic carbocycles. The summed E-state index contributed by atoms with van der Waals surface area (Å²) in [6.07, 6.45) is 3.65. The van der Waals surface area contributed by atoms with Gasteiger partial charge < -0.3 is 25.5 Å². The van der Waals surface area contributed by atoms with Gasteiger partial charge in [-0.05, 0) is 7.05 Å². The van der Waals surface area contributed by atoms with Crippen molar-refractivity contribution in [2.75, 3.05) is 35.2 Å². The predicted molar refractivity (Wildman–Crippen MR) is 85.1 cm³/mol. The van der Waals surface area contributed by atoms with Crippen molar-refractivity contribution < 1.29 is 21.7 Å². The minimum Gasteiger partial charge on any atom is -0.668 e. The van der Waals surface area contributed by atoms with Crippen molar-refractivity contribution in [1.29, 1.82) is 0 Å². The molecule has 2 heterocycles. The van der Waals surface area contributed by atoms with Gasteiger partial charge in [0, 0.05) is 13.1 Å². The van der Waals surface area contributed by atoms with Gasteiger partial charge in [-0.1, -0.05) is 24.3 Å². The first kappa shape index (κ1) is 22.4. The van der Waals surface area contributed by atoms with Crippen molar-refractivity contribution in [2.45, 2.75) is 13.1 Å². The normalized spacial score (nSPS) is 9.05. The Labute approximate surface area is 143 Å². The van der Waals surface area contributed by atoms with E-state index in [1.54, 1.807) is 28.2 Å². The van der Waals surface area contributed by atoms with Crippen LogP contribution < -0.4 is 9.97 Å². The summed E-state index contributed by atoms with van der Waals surface area (Å²) in [5.41, 5.74) is 2.22. The van der Waals surface area contributed by atoms with E-state index in [1.165, 1.54) is 0 Å². The van der Waals surface area contributed by atoms with Gasteiger partial charge in [0.1, 0.15) is 0 Å². The van der Waals surface area contributed by atoms with Gasteiger partial charge in [-0.15, -0.1) is 11.4 Å². The predicted octanol–water partition coefficient (Wildman–Crippen LogP) is 2.47. The average Bonchev–Trinajstić information content (AvgIpc) is 3.04. The molecular formula is C15H25N5Ti. The van der Waals surface area contributed by atoms with Crippen LogP contribution in [0.2, 0.25) is 0 Å². The Morgan fingerprint density at radius 3 is 1.43 bits per heavy atom. The molecule has 0 atom stereocenters. The van der Waals surface area contributed by atoms with Gasteiger partial charge in [-0.25, -0.2) is 0 Å². The van der Waals surface area contributed by atoms with E-state index in [4.69, 9.17) is 0 Å². The van der Waals surface area contributed by atoms with Crippen LogP contribution in [0.5, 0.6) is 0 Å². The van der Waals surface area contributed by atoms with Crippen LogP contribution in [-0.2, 0) is 34.8 Å². The molecule has 0 aliphatic carbocycles. The molecule has 0 aliphatic heterocycles. The fourth-order valence-electron chi connectivity index (χ4n) is 1.47. The van der Waals surface area contributed by atoms with Gasteiger partial charge in [0.25, 0.3) is 0 Å².